The van der Waals surface area contributed by atoms with Crippen LogP contribution in [-0.4, -0.2) is 73.1 Å². The summed E-state index contributed by atoms with van der Waals surface area (Å²) in [6.07, 6.45) is 2.91. The third-order valence-electron chi connectivity index (χ3n) is 7.50. The zero-order valence-corrected chi connectivity index (χ0v) is 23.0. The summed E-state index contributed by atoms with van der Waals surface area (Å²) in [5.41, 5.74) is 2.13. The predicted molar refractivity (Wildman–Crippen MR) is 156 cm³/mol. The van der Waals surface area contributed by atoms with Crippen molar-refractivity contribution >= 4 is 40.9 Å². The molecule has 3 atom stereocenters. The van der Waals surface area contributed by atoms with Gasteiger partial charge in [0.05, 0.1) is 6.04 Å². The van der Waals surface area contributed by atoms with Crippen molar-refractivity contribution in [2.75, 3.05) is 26.7 Å². The molecule has 1 heterocycles. The highest BCUT2D eigenvalue weighted by Gasteiger charge is 2.37. The van der Waals surface area contributed by atoms with Gasteiger partial charge in [-0.15, -0.1) is 0 Å². The van der Waals surface area contributed by atoms with Crippen molar-refractivity contribution in [1.29, 1.82) is 0 Å². The molecule has 3 aromatic carbocycles. The number of fused-ring (bicyclic) bond motifs is 1. The Kier molecular flexibility index (Phi) is 9.53. The topological polar surface area (TPSA) is 65.0 Å². The van der Waals surface area contributed by atoms with Crippen LogP contribution < -0.4 is 5.32 Å². The molecule has 38 heavy (non-hydrogen) atoms. The first kappa shape index (κ1) is 27.8. The molecule has 0 aliphatic carbocycles. The SMILES string of the molecule is C=NC(Cc1ccc2ccccc2c1)C(=O)N1CCN(C(Cc2ccc(Cl)cc2)C(=O)NC)CC1CCC. The molecule has 1 N–H and O–H groups in total. The van der Waals surface area contributed by atoms with E-state index in [1.807, 2.05) is 41.3 Å². The first-order valence-electron chi connectivity index (χ1n) is 13.4. The van der Waals surface area contributed by atoms with Gasteiger partial charge in [0, 0.05) is 44.2 Å². The van der Waals surface area contributed by atoms with Gasteiger partial charge in [-0.25, -0.2) is 0 Å². The number of carbonyl (C=O) groups excluding carboxylic acids is 2. The van der Waals surface area contributed by atoms with E-state index in [4.69, 9.17) is 11.6 Å². The van der Waals surface area contributed by atoms with Gasteiger partial charge >= 0.3 is 0 Å². The second-order valence-corrected chi connectivity index (χ2v) is 10.5. The molecule has 7 heteroatoms. The Morgan fingerprint density at radius 2 is 1.74 bits per heavy atom. The Labute approximate surface area is 230 Å². The van der Waals surface area contributed by atoms with Gasteiger partial charge in [0.1, 0.15) is 6.04 Å². The van der Waals surface area contributed by atoms with E-state index in [0.29, 0.717) is 37.5 Å². The number of hydrogen-bond donors (Lipinski definition) is 1. The van der Waals surface area contributed by atoms with Crippen LogP contribution in [-0.2, 0) is 22.4 Å². The van der Waals surface area contributed by atoms with Gasteiger partial charge in [0.25, 0.3) is 0 Å². The molecule has 2 amide bonds. The van der Waals surface area contributed by atoms with Crippen molar-refractivity contribution in [2.24, 2.45) is 4.99 Å². The summed E-state index contributed by atoms with van der Waals surface area (Å²) in [5, 5.41) is 5.83. The van der Waals surface area contributed by atoms with E-state index in [-0.39, 0.29) is 23.9 Å². The monoisotopic (exact) mass is 532 g/mol. The molecule has 200 valence electrons. The minimum atomic E-state index is -0.536. The molecule has 4 rings (SSSR count). The average molecular weight is 533 g/mol. The molecule has 0 bridgehead atoms. The summed E-state index contributed by atoms with van der Waals surface area (Å²) in [6.45, 7) is 7.72. The van der Waals surface area contributed by atoms with E-state index < -0.39 is 6.04 Å². The first-order valence-corrected chi connectivity index (χ1v) is 13.7. The Morgan fingerprint density at radius 3 is 2.42 bits per heavy atom. The van der Waals surface area contributed by atoms with Gasteiger partial charge in [-0.2, -0.15) is 0 Å². The van der Waals surface area contributed by atoms with Crippen LogP contribution in [0.15, 0.2) is 71.7 Å². The van der Waals surface area contributed by atoms with E-state index in [1.54, 1.807) is 7.05 Å². The average Bonchev–Trinajstić information content (AvgIpc) is 2.95. The number of nitrogens with one attached hydrogen (secondary N) is 1. The highest BCUT2D eigenvalue weighted by atomic mass is 35.5. The highest BCUT2D eigenvalue weighted by Crippen LogP contribution is 2.23. The molecular formula is C31H37ClN4O2. The minimum absolute atomic E-state index is 0.0134. The van der Waals surface area contributed by atoms with Crippen LogP contribution in [0.3, 0.4) is 0 Å². The molecule has 0 aromatic heterocycles. The fraction of sp³-hybridized carbons (Fsp3) is 0.387. The van der Waals surface area contributed by atoms with Gasteiger partial charge in [0.15, 0.2) is 0 Å². The molecule has 3 unspecified atom stereocenters. The standard InChI is InChI=1S/C31H37ClN4O2/c1-4-7-27-21-35(29(30(37)34-3)20-22-11-14-26(32)15-12-22)16-17-36(27)31(38)28(33-2)19-23-10-13-24-8-5-6-9-25(24)18-23/h5-6,8-15,18,27-29H,2,4,7,16-17,19-21H2,1,3H3,(H,34,37). The van der Waals surface area contributed by atoms with Gasteiger partial charge in [-0.05, 0) is 53.6 Å². The van der Waals surface area contributed by atoms with E-state index in [2.05, 4.69) is 59.2 Å². The summed E-state index contributed by atoms with van der Waals surface area (Å²) < 4.78 is 0. The Balaban J connectivity index is 1.49. The van der Waals surface area contributed by atoms with Crippen molar-refractivity contribution in [3.63, 3.8) is 0 Å². The van der Waals surface area contributed by atoms with Crippen molar-refractivity contribution in [2.45, 2.75) is 50.7 Å². The lowest BCUT2D eigenvalue weighted by atomic mass is 9.97. The number of halogens is 1. The second-order valence-electron chi connectivity index (χ2n) is 10.0. The maximum Gasteiger partial charge on any atom is 0.248 e. The highest BCUT2D eigenvalue weighted by molar-refractivity contribution is 6.30. The number of amides is 2. The second kappa shape index (κ2) is 13.0. The summed E-state index contributed by atoms with van der Waals surface area (Å²) in [7, 11) is 1.67. The van der Waals surface area contributed by atoms with Gasteiger partial charge < -0.3 is 10.2 Å². The smallest absolute Gasteiger partial charge is 0.248 e. The molecule has 3 aromatic rings. The van der Waals surface area contributed by atoms with Crippen molar-refractivity contribution in [3.8, 4) is 0 Å². The molecule has 1 saturated heterocycles. The maximum absolute atomic E-state index is 13.8. The normalized spacial score (nSPS) is 17.7. The molecule has 0 radical (unpaired) electrons. The van der Waals surface area contributed by atoms with E-state index in [1.165, 1.54) is 5.39 Å². The predicted octanol–water partition coefficient (Wildman–Crippen LogP) is 4.78. The van der Waals surface area contributed by atoms with Gasteiger partial charge in [-0.1, -0.05) is 79.5 Å². The summed E-state index contributed by atoms with van der Waals surface area (Å²) in [5.74, 6) is -0.00244. The molecule has 1 aliphatic heterocycles. The maximum atomic E-state index is 13.8. The number of benzene rings is 3. The molecule has 1 aliphatic rings. The zero-order chi connectivity index (χ0) is 27.1. The van der Waals surface area contributed by atoms with Crippen LogP contribution in [0.5, 0.6) is 0 Å². The number of aliphatic imine (C=N–C) groups is 1. The number of likely N-dealkylation sites (N-methyl/N-ethyl adjacent to an activating group) is 1. The van der Waals surface area contributed by atoms with E-state index in [0.717, 1.165) is 29.4 Å². The molecule has 0 spiro atoms. The van der Waals surface area contributed by atoms with Crippen LogP contribution in [0.1, 0.15) is 30.9 Å². The van der Waals surface area contributed by atoms with E-state index >= 15 is 0 Å². The number of piperazine rings is 1. The molecular weight excluding hydrogens is 496 g/mol. The summed E-state index contributed by atoms with van der Waals surface area (Å²) in [6, 6.07) is 21.3. The largest absolute Gasteiger partial charge is 0.358 e. The molecule has 6 nitrogen and oxygen atoms in total. The number of carbonyl (C=O) groups is 2. The lowest BCUT2D eigenvalue weighted by Crippen LogP contribution is -2.61. The third-order valence-corrected chi connectivity index (χ3v) is 7.75. The van der Waals surface area contributed by atoms with Crippen LogP contribution in [0.2, 0.25) is 5.02 Å². The quantitative estimate of drug-likeness (QED) is 0.382. The molecule has 0 saturated carbocycles. The van der Waals surface area contributed by atoms with Crippen molar-refractivity contribution in [3.05, 3.63) is 82.9 Å². The van der Waals surface area contributed by atoms with Gasteiger partial charge in [-0.3, -0.25) is 19.5 Å². The van der Waals surface area contributed by atoms with Crippen LogP contribution in [0, 0.1) is 0 Å². The Bertz CT molecular complexity index is 1260. The number of hydrogen-bond acceptors (Lipinski definition) is 4. The third kappa shape index (κ3) is 6.61. The van der Waals surface area contributed by atoms with E-state index in [9.17, 15) is 9.59 Å². The fourth-order valence-electron chi connectivity index (χ4n) is 5.44. The number of nitrogens with zero attached hydrogens (tertiary/aromatic N) is 3. The summed E-state index contributed by atoms with van der Waals surface area (Å²) >= 11 is 6.06. The first-order chi connectivity index (χ1) is 18.4. The Morgan fingerprint density at radius 1 is 1.03 bits per heavy atom. The van der Waals surface area contributed by atoms with Gasteiger partial charge in [0.2, 0.25) is 11.8 Å². The lowest BCUT2D eigenvalue weighted by Gasteiger charge is -2.44. The van der Waals surface area contributed by atoms with Crippen molar-refractivity contribution < 1.29 is 9.59 Å². The van der Waals surface area contributed by atoms with Crippen LogP contribution in [0.4, 0.5) is 0 Å². The lowest BCUT2D eigenvalue weighted by molar-refractivity contribution is -0.139. The fourth-order valence-corrected chi connectivity index (χ4v) is 5.57. The van der Waals surface area contributed by atoms with Crippen LogP contribution >= 0.6 is 11.6 Å². The Hall–Kier alpha value is -3.22. The molecule has 1 fully saturated rings. The van der Waals surface area contributed by atoms with Crippen LogP contribution in [0.25, 0.3) is 10.8 Å². The summed E-state index contributed by atoms with van der Waals surface area (Å²) in [4.78, 5) is 35.1. The zero-order valence-electron chi connectivity index (χ0n) is 22.3. The van der Waals surface area contributed by atoms with Crippen molar-refractivity contribution in [1.82, 2.24) is 15.1 Å². The number of rotatable bonds is 10. The minimum Gasteiger partial charge on any atom is -0.358 e.